The van der Waals surface area contributed by atoms with Crippen LogP contribution < -0.4 is 16.4 Å². The van der Waals surface area contributed by atoms with Crippen LogP contribution >= 0.6 is 0 Å². The molecule has 3 aromatic rings. The van der Waals surface area contributed by atoms with E-state index in [1.807, 2.05) is 38.4 Å². The van der Waals surface area contributed by atoms with Crippen molar-refractivity contribution >= 4 is 16.6 Å². The van der Waals surface area contributed by atoms with E-state index in [2.05, 4.69) is 20.3 Å². The Balaban J connectivity index is 1.93. The molecule has 0 radical (unpaired) electrons. The topological polar surface area (TPSA) is 83.0 Å². The minimum Gasteiger partial charge on any atom is -0.366 e. The molecule has 0 aliphatic carbocycles. The molecular weight excluding hydrogens is 318 g/mol. The zero-order valence-corrected chi connectivity index (χ0v) is 14.5. The summed E-state index contributed by atoms with van der Waals surface area (Å²) in [5.74, 6) is 0.661. The molecule has 2 heterocycles. The first-order valence-corrected chi connectivity index (χ1v) is 8.02. The molecular formula is C18H21N5O2. The number of aromatic amines is 1. The number of rotatable bonds is 5. The van der Waals surface area contributed by atoms with Gasteiger partial charge < -0.3 is 15.2 Å². The molecule has 0 saturated heterocycles. The average Bonchev–Trinajstić information content (AvgIpc) is 2.60. The van der Waals surface area contributed by atoms with Gasteiger partial charge in [0.25, 0.3) is 5.56 Å². The maximum Gasteiger partial charge on any atom is 0.274 e. The number of H-pyrrole nitrogens is 1. The third kappa shape index (κ3) is 3.46. The Bertz CT molecular complexity index is 986. The first-order valence-electron chi connectivity index (χ1n) is 8.02. The van der Waals surface area contributed by atoms with Gasteiger partial charge in [-0.05, 0) is 25.7 Å². The van der Waals surface area contributed by atoms with Crippen LogP contribution in [0.5, 0.6) is 0 Å². The quantitative estimate of drug-likeness (QED) is 0.733. The van der Waals surface area contributed by atoms with Crippen molar-refractivity contribution in [2.45, 2.75) is 6.04 Å². The number of hydrogen-bond donors (Lipinski definition) is 2. The maximum atomic E-state index is 12.2. The van der Waals surface area contributed by atoms with E-state index in [-0.39, 0.29) is 17.2 Å². The summed E-state index contributed by atoms with van der Waals surface area (Å²) in [5, 5.41) is 9.13. The fraction of sp³-hybridized carbons (Fsp3) is 0.278. The van der Waals surface area contributed by atoms with Crippen molar-refractivity contribution in [2.75, 3.05) is 26.0 Å². The van der Waals surface area contributed by atoms with Crippen LogP contribution in [0.4, 0.5) is 5.82 Å². The number of likely N-dealkylation sites (N-methyl/N-ethyl adjacent to an activating group) is 1. The van der Waals surface area contributed by atoms with Crippen LogP contribution in [0.2, 0.25) is 0 Å². The molecule has 3 rings (SSSR count). The highest BCUT2D eigenvalue weighted by Gasteiger charge is 2.16. The minimum atomic E-state index is -0.125. The summed E-state index contributed by atoms with van der Waals surface area (Å²) in [5.41, 5.74) is 0.747. The van der Waals surface area contributed by atoms with E-state index in [0.717, 1.165) is 10.9 Å². The number of hydrogen-bond acceptors (Lipinski definition) is 5. The normalized spacial score (nSPS) is 12.5. The molecule has 0 fully saturated rings. The van der Waals surface area contributed by atoms with Gasteiger partial charge in [0.05, 0.1) is 11.4 Å². The van der Waals surface area contributed by atoms with Crippen LogP contribution in [0.3, 0.4) is 0 Å². The maximum absolute atomic E-state index is 12.2. The van der Waals surface area contributed by atoms with Crippen LogP contribution in [-0.2, 0) is 7.05 Å². The van der Waals surface area contributed by atoms with Crippen molar-refractivity contribution < 1.29 is 0 Å². The summed E-state index contributed by atoms with van der Waals surface area (Å²) in [7, 11) is 5.60. The highest BCUT2D eigenvalue weighted by Crippen LogP contribution is 2.21. The summed E-state index contributed by atoms with van der Waals surface area (Å²) in [6.45, 7) is 0.578. The number of aryl methyl sites for hydroxylation is 1. The first-order chi connectivity index (χ1) is 12.0. The summed E-state index contributed by atoms with van der Waals surface area (Å²) in [6, 6.07) is 10.8. The van der Waals surface area contributed by atoms with Gasteiger partial charge in [0.2, 0.25) is 5.56 Å². The second-order valence-electron chi connectivity index (χ2n) is 6.17. The van der Waals surface area contributed by atoms with Crippen LogP contribution in [0.15, 0.2) is 52.2 Å². The molecule has 25 heavy (non-hydrogen) atoms. The van der Waals surface area contributed by atoms with E-state index in [1.54, 1.807) is 19.3 Å². The Labute approximate surface area is 144 Å². The lowest BCUT2D eigenvalue weighted by molar-refractivity contribution is 0.311. The molecule has 7 nitrogen and oxygen atoms in total. The van der Waals surface area contributed by atoms with E-state index in [1.165, 1.54) is 10.7 Å². The Hall–Kier alpha value is -2.93. The fourth-order valence-electron chi connectivity index (χ4n) is 2.85. The molecule has 0 saturated carbocycles. The van der Waals surface area contributed by atoms with Gasteiger partial charge in [-0.1, -0.05) is 24.3 Å². The first kappa shape index (κ1) is 16.9. The lowest BCUT2D eigenvalue weighted by Crippen LogP contribution is -2.29. The largest absolute Gasteiger partial charge is 0.366 e. The van der Waals surface area contributed by atoms with E-state index in [4.69, 9.17) is 0 Å². The zero-order valence-electron chi connectivity index (χ0n) is 14.5. The lowest BCUT2D eigenvalue weighted by Gasteiger charge is -2.25. The average molecular weight is 339 g/mol. The summed E-state index contributed by atoms with van der Waals surface area (Å²) in [6.07, 6.45) is 1.72. The Morgan fingerprint density at radius 3 is 2.52 bits per heavy atom. The van der Waals surface area contributed by atoms with Crippen LogP contribution in [0.25, 0.3) is 10.8 Å². The van der Waals surface area contributed by atoms with Crippen molar-refractivity contribution in [2.24, 2.45) is 7.05 Å². The molecule has 0 bridgehead atoms. The predicted octanol–water partition coefficient (Wildman–Crippen LogP) is 1.34. The van der Waals surface area contributed by atoms with Crippen molar-refractivity contribution in [1.29, 1.82) is 0 Å². The highest BCUT2D eigenvalue weighted by molar-refractivity contribution is 5.90. The molecule has 130 valence electrons. The van der Waals surface area contributed by atoms with Gasteiger partial charge in [0, 0.05) is 31.2 Å². The minimum absolute atomic E-state index is 0.0367. The molecule has 2 aromatic heterocycles. The van der Waals surface area contributed by atoms with Gasteiger partial charge in [-0.3, -0.25) is 9.59 Å². The third-order valence-corrected chi connectivity index (χ3v) is 4.24. The molecule has 1 unspecified atom stereocenters. The highest BCUT2D eigenvalue weighted by atomic mass is 16.1. The lowest BCUT2D eigenvalue weighted by atomic mass is 10.1. The molecule has 0 amide bonds. The fourth-order valence-corrected chi connectivity index (χ4v) is 2.85. The van der Waals surface area contributed by atoms with Gasteiger partial charge >= 0.3 is 0 Å². The van der Waals surface area contributed by atoms with E-state index in [9.17, 15) is 9.59 Å². The molecule has 0 aliphatic rings. The number of benzene rings is 1. The standard InChI is InChI=1S/C18H21N5O2/c1-22(2)15(12-8-9-16(24)19-10-12)11-20-17-13-6-4-5-7-14(13)18(25)23(3)21-17/h4-10,15H,11H2,1-3H3,(H,19,24)(H,20,21). The number of pyridine rings is 1. The molecule has 2 N–H and O–H groups in total. The van der Waals surface area contributed by atoms with Gasteiger partial charge in [0.15, 0.2) is 5.82 Å². The monoisotopic (exact) mass is 339 g/mol. The molecule has 7 heteroatoms. The SMILES string of the molecule is CN(C)C(CNc1nn(C)c(=O)c2ccccc12)c1ccc(=O)[nH]c1. The van der Waals surface area contributed by atoms with Crippen molar-refractivity contribution in [3.8, 4) is 0 Å². The Morgan fingerprint density at radius 2 is 1.88 bits per heavy atom. The molecule has 0 spiro atoms. The zero-order chi connectivity index (χ0) is 18.0. The molecule has 0 aliphatic heterocycles. The number of nitrogens with one attached hydrogen (secondary N) is 2. The van der Waals surface area contributed by atoms with Crippen molar-refractivity contribution in [3.05, 3.63) is 68.9 Å². The van der Waals surface area contributed by atoms with Gasteiger partial charge in [-0.15, -0.1) is 0 Å². The summed E-state index contributed by atoms with van der Waals surface area (Å²) < 4.78 is 1.34. The number of nitrogens with zero attached hydrogens (tertiary/aromatic N) is 3. The Morgan fingerprint density at radius 1 is 1.16 bits per heavy atom. The summed E-state index contributed by atoms with van der Waals surface area (Å²) in [4.78, 5) is 28.3. The second-order valence-corrected chi connectivity index (χ2v) is 6.17. The van der Waals surface area contributed by atoms with Crippen LogP contribution in [-0.4, -0.2) is 40.3 Å². The number of fused-ring (bicyclic) bond motifs is 1. The van der Waals surface area contributed by atoms with E-state index < -0.39 is 0 Å². The van der Waals surface area contributed by atoms with E-state index >= 15 is 0 Å². The van der Waals surface area contributed by atoms with Gasteiger partial charge in [0.1, 0.15) is 0 Å². The van der Waals surface area contributed by atoms with E-state index in [0.29, 0.717) is 17.7 Å². The van der Waals surface area contributed by atoms with Gasteiger partial charge in [-0.2, -0.15) is 5.10 Å². The predicted molar refractivity (Wildman–Crippen MR) is 99.0 cm³/mol. The molecule has 1 atom stereocenters. The third-order valence-electron chi connectivity index (χ3n) is 4.24. The summed E-state index contributed by atoms with van der Waals surface area (Å²) >= 11 is 0. The van der Waals surface area contributed by atoms with Gasteiger partial charge in [-0.25, -0.2) is 4.68 Å². The van der Waals surface area contributed by atoms with Crippen molar-refractivity contribution in [1.82, 2.24) is 19.7 Å². The molecule has 1 aromatic carbocycles. The second kappa shape index (κ2) is 6.90. The van der Waals surface area contributed by atoms with Crippen molar-refractivity contribution in [3.63, 3.8) is 0 Å². The number of aromatic nitrogens is 3. The smallest absolute Gasteiger partial charge is 0.274 e. The Kier molecular flexibility index (Phi) is 4.67. The van der Waals surface area contributed by atoms with Crippen LogP contribution in [0, 0.1) is 0 Å². The number of anilines is 1. The van der Waals surface area contributed by atoms with Crippen LogP contribution in [0.1, 0.15) is 11.6 Å².